The average Bonchev–Trinajstić information content (AvgIpc) is 2.25. The Kier molecular flexibility index (Phi) is 9.46. The van der Waals surface area contributed by atoms with Gasteiger partial charge in [0.15, 0.2) is 0 Å². The third kappa shape index (κ3) is 8.35. The second kappa shape index (κ2) is 9.89. The molecule has 1 amide bonds. The van der Waals surface area contributed by atoms with E-state index in [2.05, 4.69) is 15.5 Å². The van der Waals surface area contributed by atoms with Gasteiger partial charge in [-0.3, -0.25) is 9.69 Å². The van der Waals surface area contributed by atoms with Crippen molar-refractivity contribution in [1.29, 1.82) is 0 Å². The Morgan fingerprint density at radius 1 is 1.40 bits per heavy atom. The lowest BCUT2D eigenvalue weighted by Crippen LogP contribution is -2.40. The second-order valence-corrected chi connectivity index (χ2v) is 3.54. The molecule has 0 aromatic carbocycles. The number of nitrogens with one attached hydrogen (secondary N) is 2. The molecule has 0 aliphatic heterocycles. The van der Waals surface area contributed by atoms with Crippen LogP contribution in [0.25, 0.3) is 0 Å². The quantitative estimate of drug-likeness (QED) is 0.325. The summed E-state index contributed by atoms with van der Waals surface area (Å²) in [6, 6.07) is 0. The van der Waals surface area contributed by atoms with Crippen LogP contribution in [0.1, 0.15) is 13.3 Å². The SMILES string of the molecule is CCC(O)CN(CCNC)CCNC=O. The van der Waals surface area contributed by atoms with E-state index >= 15 is 0 Å². The Balaban J connectivity index is 3.77. The Morgan fingerprint density at radius 3 is 2.60 bits per heavy atom. The van der Waals surface area contributed by atoms with Crippen molar-refractivity contribution >= 4 is 6.41 Å². The minimum atomic E-state index is -0.280. The number of aliphatic hydroxyl groups is 1. The molecular weight excluding hydrogens is 194 g/mol. The molecule has 5 heteroatoms. The molecule has 1 atom stereocenters. The van der Waals surface area contributed by atoms with E-state index in [4.69, 9.17) is 0 Å². The van der Waals surface area contributed by atoms with Gasteiger partial charge in [-0.1, -0.05) is 6.92 Å². The number of nitrogens with zero attached hydrogens (tertiary/aromatic N) is 1. The van der Waals surface area contributed by atoms with Crippen LogP contribution in [-0.4, -0.2) is 62.3 Å². The molecule has 0 aliphatic rings. The van der Waals surface area contributed by atoms with Crippen molar-refractivity contribution in [3.63, 3.8) is 0 Å². The Bertz CT molecular complexity index is 156. The molecule has 15 heavy (non-hydrogen) atoms. The summed E-state index contributed by atoms with van der Waals surface area (Å²) in [6.07, 6.45) is 1.18. The van der Waals surface area contributed by atoms with E-state index in [1.807, 2.05) is 14.0 Å². The van der Waals surface area contributed by atoms with Crippen LogP contribution in [-0.2, 0) is 4.79 Å². The lowest BCUT2D eigenvalue weighted by Gasteiger charge is -2.24. The van der Waals surface area contributed by atoms with Crippen LogP contribution in [0, 0.1) is 0 Å². The second-order valence-electron chi connectivity index (χ2n) is 3.54. The number of hydrogen-bond donors (Lipinski definition) is 3. The zero-order valence-corrected chi connectivity index (χ0v) is 9.70. The monoisotopic (exact) mass is 217 g/mol. The van der Waals surface area contributed by atoms with E-state index in [-0.39, 0.29) is 6.10 Å². The zero-order valence-electron chi connectivity index (χ0n) is 9.70. The van der Waals surface area contributed by atoms with Gasteiger partial charge in [0.2, 0.25) is 6.41 Å². The fourth-order valence-electron chi connectivity index (χ4n) is 1.27. The van der Waals surface area contributed by atoms with Crippen LogP contribution < -0.4 is 10.6 Å². The maximum absolute atomic E-state index is 10.1. The van der Waals surface area contributed by atoms with Gasteiger partial charge < -0.3 is 15.7 Å². The van der Waals surface area contributed by atoms with Crippen molar-refractivity contribution in [3.8, 4) is 0 Å². The standard InChI is InChI=1S/C10H23N3O2/c1-3-10(15)8-13(6-4-11-2)7-5-12-9-14/h9-11,15H,3-8H2,1-2H3,(H,12,14). The van der Waals surface area contributed by atoms with E-state index in [9.17, 15) is 9.90 Å². The molecule has 0 bridgehead atoms. The highest BCUT2D eigenvalue weighted by Gasteiger charge is 2.08. The summed E-state index contributed by atoms with van der Waals surface area (Å²) in [4.78, 5) is 12.2. The summed E-state index contributed by atoms with van der Waals surface area (Å²) < 4.78 is 0. The summed E-state index contributed by atoms with van der Waals surface area (Å²) in [5.74, 6) is 0. The normalized spacial score (nSPS) is 12.8. The first-order valence-electron chi connectivity index (χ1n) is 5.46. The number of carbonyl (C=O) groups excluding carboxylic acids is 1. The Morgan fingerprint density at radius 2 is 2.07 bits per heavy atom. The summed E-state index contributed by atoms with van der Waals surface area (Å²) in [5, 5.41) is 15.2. The van der Waals surface area contributed by atoms with Crippen LogP contribution in [0.3, 0.4) is 0 Å². The molecule has 0 rings (SSSR count). The smallest absolute Gasteiger partial charge is 0.207 e. The summed E-state index contributed by atoms with van der Waals surface area (Å²) >= 11 is 0. The van der Waals surface area contributed by atoms with Crippen molar-refractivity contribution in [3.05, 3.63) is 0 Å². The van der Waals surface area contributed by atoms with E-state index in [1.165, 1.54) is 0 Å². The van der Waals surface area contributed by atoms with Gasteiger partial charge in [-0.25, -0.2) is 0 Å². The fraction of sp³-hybridized carbons (Fsp3) is 0.900. The van der Waals surface area contributed by atoms with E-state index in [0.717, 1.165) is 26.1 Å². The predicted octanol–water partition coefficient (Wildman–Crippen LogP) is -0.975. The first-order valence-corrected chi connectivity index (χ1v) is 5.46. The van der Waals surface area contributed by atoms with Crippen LogP contribution in [0.15, 0.2) is 0 Å². The Labute approximate surface area is 91.8 Å². The molecule has 0 aromatic rings. The van der Waals surface area contributed by atoms with Gasteiger partial charge in [-0.15, -0.1) is 0 Å². The molecule has 0 heterocycles. The van der Waals surface area contributed by atoms with Crippen molar-refractivity contribution in [2.45, 2.75) is 19.4 Å². The lowest BCUT2D eigenvalue weighted by molar-refractivity contribution is -0.109. The van der Waals surface area contributed by atoms with E-state index in [1.54, 1.807) is 0 Å². The number of hydrogen-bond acceptors (Lipinski definition) is 4. The molecule has 0 fully saturated rings. The van der Waals surface area contributed by atoms with Gasteiger partial charge in [-0.2, -0.15) is 0 Å². The molecule has 0 aromatic heterocycles. The third-order valence-corrected chi connectivity index (χ3v) is 2.27. The van der Waals surface area contributed by atoms with Crippen LogP contribution in [0.4, 0.5) is 0 Å². The van der Waals surface area contributed by atoms with Gasteiger partial charge in [0, 0.05) is 32.7 Å². The van der Waals surface area contributed by atoms with Crippen molar-refractivity contribution in [2.75, 3.05) is 39.8 Å². The molecule has 0 saturated carbocycles. The summed E-state index contributed by atoms with van der Waals surface area (Å²) in [7, 11) is 1.90. The van der Waals surface area contributed by atoms with Crippen molar-refractivity contribution in [1.82, 2.24) is 15.5 Å². The molecule has 90 valence electrons. The first kappa shape index (κ1) is 14.3. The molecule has 0 spiro atoms. The van der Waals surface area contributed by atoms with E-state index < -0.39 is 0 Å². The number of rotatable bonds is 10. The molecule has 1 unspecified atom stereocenters. The zero-order chi connectivity index (χ0) is 11.5. The molecule has 3 N–H and O–H groups in total. The molecule has 0 saturated heterocycles. The van der Waals surface area contributed by atoms with Gasteiger partial charge >= 0.3 is 0 Å². The molecule has 0 radical (unpaired) electrons. The average molecular weight is 217 g/mol. The van der Waals surface area contributed by atoms with Crippen LogP contribution in [0.5, 0.6) is 0 Å². The maximum atomic E-state index is 10.1. The highest BCUT2D eigenvalue weighted by Crippen LogP contribution is 1.95. The number of aliphatic hydroxyl groups excluding tert-OH is 1. The molecule has 5 nitrogen and oxygen atoms in total. The predicted molar refractivity (Wildman–Crippen MR) is 60.7 cm³/mol. The highest BCUT2D eigenvalue weighted by atomic mass is 16.3. The molecular formula is C10H23N3O2. The summed E-state index contributed by atoms with van der Waals surface area (Å²) in [6.45, 7) is 5.80. The topological polar surface area (TPSA) is 64.6 Å². The largest absolute Gasteiger partial charge is 0.392 e. The lowest BCUT2D eigenvalue weighted by atomic mass is 10.2. The number of likely N-dealkylation sites (N-methyl/N-ethyl adjacent to an activating group) is 1. The van der Waals surface area contributed by atoms with Gasteiger partial charge in [0.1, 0.15) is 0 Å². The highest BCUT2D eigenvalue weighted by molar-refractivity contribution is 5.45. The minimum Gasteiger partial charge on any atom is -0.392 e. The Hall–Kier alpha value is -0.650. The van der Waals surface area contributed by atoms with Crippen molar-refractivity contribution < 1.29 is 9.90 Å². The van der Waals surface area contributed by atoms with E-state index in [0.29, 0.717) is 19.5 Å². The van der Waals surface area contributed by atoms with Crippen LogP contribution >= 0.6 is 0 Å². The van der Waals surface area contributed by atoms with Gasteiger partial charge in [0.25, 0.3) is 0 Å². The number of carbonyl (C=O) groups is 1. The van der Waals surface area contributed by atoms with Gasteiger partial charge in [-0.05, 0) is 13.5 Å². The van der Waals surface area contributed by atoms with Crippen LogP contribution in [0.2, 0.25) is 0 Å². The third-order valence-electron chi connectivity index (χ3n) is 2.27. The van der Waals surface area contributed by atoms with Crippen molar-refractivity contribution in [2.24, 2.45) is 0 Å². The summed E-state index contributed by atoms with van der Waals surface area (Å²) in [5.41, 5.74) is 0. The maximum Gasteiger partial charge on any atom is 0.207 e. The molecule has 0 aliphatic carbocycles. The fourth-order valence-corrected chi connectivity index (χ4v) is 1.27. The first-order chi connectivity index (χ1) is 7.24. The van der Waals surface area contributed by atoms with Gasteiger partial charge in [0.05, 0.1) is 6.10 Å². The minimum absolute atomic E-state index is 0.280. The number of amides is 1.